The number of fused-ring (bicyclic) bond motifs is 1. The lowest BCUT2D eigenvalue weighted by molar-refractivity contribution is 0.335. The lowest BCUT2D eigenvalue weighted by Gasteiger charge is -2.18. The molecular weight excluding hydrogens is 182 g/mol. The second kappa shape index (κ2) is 3.74. The minimum atomic E-state index is 0.602. The molecule has 2 rings (SSSR count). The fourth-order valence-electron chi connectivity index (χ4n) is 2.12. The standard InChI is InChI=1S/C10H15NOS/c1-2-7-4-3-5-8-9(6-13)11-12-10(7)8/h7,13H,2-6H2,1H3. The molecule has 0 saturated carbocycles. The Morgan fingerprint density at radius 1 is 1.62 bits per heavy atom. The molecule has 3 heteroatoms. The third-order valence-electron chi connectivity index (χ3n) is 2.89. The van der Waals surface area contributed by atoms with Gasteiger partial charge in [0, 0.05) is 17.2 Å². The zero-order valence-electron chi connectivity index (χ0n) is 7.92. The van der Waals surface area contributed by atoms with Crippen molar-refractivity contribution in [1.29, 1.82) is 0 Å². The molecule has 1 unspecified atom stereocenters. The highest BCUT2D eigenvalue weighted by Crippen LogP contribution is 2.35. The molecule has 1 aliphatic carbocycles. The van der Waals surface area contributed by atoms with Gasteiger partial charge >= 0.3 is 0 Å². The molecule has 0 amide bonds. The Kier molecular flexibility index (Phi) is 2.63. The van der Waals surface area contributed by atoms with Gasteiger partial charge in [0.2, 0.25) is 0 Å². The second-order valence-corrected chi connectivity index (χ2v) is 3.94. The second-order valence-electron chi connectivity index (χ2n) is 3.63. The van der Waals surface area contributed by atoms with E-state index in [-0.39, 0.29) is 0 Å². The minimum absolute atomic E-state index is 0.602. The van der Waals surface area contributed by atoms with E-state index in [0.717, 1.165) is 24.3 Å². The highest BCUT2D eigenvalue weighted by Gasteiger charge is 2.25. The summed E-state index contributed by atoms with van der Waals surface area (Å²) in [7, 11) is 0. The first kappa shape index (κ1) is 9.13. The Morgan fingerprint density at radius 2 is 2.46 bits per heavy atom. The summed E-state index contributed by atoms with van der Waals surface area (Å²) in [5, 5.41) is 4.06. The maximum atomic E-state index is 5.38. The monoisotopic (exact) mass is 197 g/mol. The van der Waals surface area contributed by atoms with Gasteiger partial charge < -0.3 is 4.52 Å². The maximum Gasteiger partial charge on any atom is 0.143 e. The fourth-order valence-corrected chi connectivity index (χ4v) is 2.36. The first-order valence-corrected chi connectivity index (χ1v) is 5.58. The predicted molar refractivity (Wildman–Crippen MR) is 55.2 cm³/mol. The average molecular weight is 197 g/mol. The fraction of sp³-hybridized carbons (Fsp3) is 0.700. The molecule has 0 aromatic carbocycles. The van der Waals surface area contributed by atoms with Crippen LogP contribution in [0.1, 0.15) is 49.1 Å². The molecule has 0 radical (unpaired) electrons. The Labute approximate surface area is 84.1 Å². The zero-order chi connectivity index (χ0) is 9.26. The van der Waals surface area contributed by atoms with Crippen LogP contribution in [0, 0.1) is 0 Å². The number of thiol groups is 1. The molecule has 1 heterocycles. The smallest absolute Gasteiger partial charge is 0.143 e. The average Bonchev–Trinajstić information content (AvgIpc) is 2.60. The van der Waals surface area contributed by atoms with E-state index in [9.17, 15) is 0 Å². The van der Waals surface area contributed by atoms with Crippen molar-refractivity contribution < 1.29 is 4.52 Å². The number of nitrogens with zero attached hydrogens (tertiary/aromatic N) is 1. The minimum Gasteiger partial charge on any atom is -0.361 e. The SMILES string of the molecule is CCC1CCCc2c(CS)noc21. The van der Waals surface area contributed by atoms with Crippen LogP contribution in [-0.2, 0) is 12.2 Å². The first-order valence-electron chi connectivity index (χ1n) is 4.95. The molecule has 72 valence electrons. The molecule has 0 aliphatic heterocycles. The summed E-state index contributed by atoms with van der Waals surface area (Å²) in [6.07, 6.45) is 4.82. The van der Waals surface area contributed by atoms with Crippen molar-refractivity contribution >= 4 is 12.6 Å². The summed E-state index contributed by atoms with van der Waals surface area (Å²) in [4.78, 5) is 0. The lowest BCUT2D eigenvalue weighted by atomic mass is 9.86. The van der Waals surface area contributed by atoms with Crippen molar-refractivity contribution in [2.45, 2.75) is 44.3 Å². The maximum absolute atomic E-state index is 5.38. The van der Waals surface area contributed by atoms with Gasteiger partial charge in [0.15, 0.2) is 0 Å². The largest absolute Gasteiger partial charge is 0.361 e. The van der Waals surface area contributed by atoms with E-state index in [4.69, 9.17) is 4.52 Å². The van der Waals surface area contributed by atoms with Crippen LogP contribution in [0.25, 0.3) is 0 Å². The quantitative estimate of drug-likeness (QED) is 0.738. The molecule has 0 spiro atoms. The molecule has 1 aliphatic rings. The van der Waals surface area contributed by atoms with Crippen LogP contribution in [0.3, 0.4) is 0 Å². The normalized spacial score (nSPS) is 21.5. The molecule has 1 aromatic heterocycles. The van der Waals surface area contributed by atoms with Crippen molar-refractivity contribution in [2.75, 3.05) is 0 Å². The molecule has 1 atom stereocenters. The Bertz CT molecular complexity index is 295. The van der Waals surface area contributed by atoms with Gasteiger partial charge in [-0.1, -0.05) is 12.1 Å². The van der Waals surface area contributed by atoms with Gasteiger partial charge in [-0.3, -0.25) is 0 Å². The van der Waals surface area contributed by atoms with E-state index in [1.807, 2.05) is 0 Å². The van der Waals surface area contributed by atoms with E-state index in [0.29, 0.717) is 11.7 Å². The Hall–Kier alpha value is -0.440. The van der Waals surface area contributed by atoms with Crippen LogP contribution in [0.4, 0.5) is 0 Å². The molecule has 2 nitrogen and oxygen atoms in total. The predicted octanol–water partition coefficient (Wildman–Crippen LogP) is 2.93. The third-order valence-corrected chi connectivity index (χ3v) is 3.19. The Morgan fingerprint density at radius 3 is 3.15 bits per heavy atom. The molecular formula is C10H15NOS. The van der Waals surface area contributed by atoms with Gasteiger partial charge in [-0.25, -0.2) is 0 Å². The third kappa shape index (κ3) is 1.50. The van der Waals surface area contributed by atoms with E-state index in [2.05, 4.69) is 24.7 Å². The highest BCUT2D eigenvalue weighted by atomic mass is 32.1. The highest BCUT2D eigenvalue weighted by molar-refractivity contribution is 7.79. The van der Waals surface area contributed by atoms with Gasteiger partial charge in [-0.15, -0.1) is 0 Å². The van der Waals surface area contributed by atoms with E-state index < -0.39 is 0 Å². The van der Waals surface area contributed by atoms with Crippen LogP contribution in [0.2, 0.25) is 0 Å². The van der Waals surface area contributed by atoms with Gasteiger partial charge in [0.05, 0.1) is 5.69 Å². The van der Waals surface area contributed by atoms with Crippen LogP contribution >= 0.6 is 12.6 Å². The van der Waals surface area contributed by atoms with Gasteiger partial charge in [0.1, 0.15) is 5.76 Å². The van der Waals surface area contributed by atoms with Gasteiger partial charge in [-0.05, 0) is 25.7 Å². The van der Waals surface area contributed by atoms with E-state index in [1.54, 1.807) is 0 Å². The Balaban J connectivity index is 2.36. The van der Waals surface area contributed by atoms with Crippen LogP contribution in [0.5, 0.6) is 0 Å². The number of aromatic nitrogens is 1. The van der Waals surface area contributed by atoms with Crippen LogP contribution < -0.4 is 0 Å². The molecule has 0 N–H and O–H groups in total. The van der Waals surface area contributed by atoms with Crippen molar-refractivity contribution in [3.63, 3.8) is 0 Å². The van der Waals surface area contributed by atoms with Crippen molar-refractivity contribution in [3.8, 4) is 0 Å². The van der Waals surface area contributed by atoms with E-state index >= 15 is 0 Å². The van der Waals surface area contributed by atoms with Gasteiger partial charge in [0.25, 0.3) is 0 Å². The van der Waals surface area contributed by atoms with Crippen molar-refractivity contribution in [3.05, 3.63) is 17.0 Å². The lowest BCUT2D eigenvalue weighted by Crippen LogP contribution is -2.07. The van der Waals surface area contributed by atoms with Crippen molar-refractivity contribution in [1.82, 2.24) is 5.16 Å². The first-order chi connectivity index (χ1) is 6.36. The molecule has 0 fully saturated rings. The van der Waals surface area contributed by atoms with Crippen LogP contribution in [0.15, 0.2) is 4.52 Å². The number of rotatable bonds is 2. The topological polar surface area (TPSA) is 26.0 Å². The summed E-state index contributed by atoms with van der Waals surface area (Å²) in [5.74, 6) is 2.44. The van der Waals surface area contributed by atoms with E-state index in [1.165, 1.54) is 18.4 Å². The molecule has 13 heavy (non-hydrogen) atoms. The number of hydrogen-bond donors (Lipinski definition) is 1. The van der Waals surface area contributed by atoms with Crippen molar-refractivity contribution in [2.24, 2.45) is 0 Å². The summed E-state index contributed by atoms with van der Waals surface area (Å²) in [5.41, 5.74) is 2.39. The summed E-state index contributed by atoms with van der Waals surface area (Å²) in [6.45, 7) is 2.21. The molecule has 1 aromatic rings. The number of hydrogen-bond acceptors (Lipinski definition) is 3. The zero-order valence-corrected chi connectivity index (χ0v) is 8.81. The summed E-state index contributed by atoms with van der Waals surface area (Å²) < 4.78 is 5.38. The summed E-state index contributed by atoms with van der Waals surface area (Å²) in [6, 6.07) is 0. The molecule has 0 saturated heterocycles. The van der Waals surface area contributed by atoms with Crippen LogP contribution in [-0.4, -0.2) is 5.16 Å². The summed E-state index contributed by atoms with van der Waals surface area (Å²) >= 11 is 4.25. The molecule has 0 bridgehead atoms. The van der Waals surface area contributed by atoms with Gasteiger partial charge in [-0.2, -0.15) is 12.6 Å².